The van der Waals surface area contributed by atoms with Gasteiger partial charge in [0.25, 0.3) is 5.91 Å². The number of benzene rings is 1. The van der Waals surface area contributed by atoms with Gasteiger partial charge in [-0.15, -0.1) is 0 Å². The molecular weight excluding hydrogens is 208 g/mol. The van der Waals surface area contributed by atoms with Gasteiger partial charge in [0, 0.05) is 19.5 Å². The van der Waals surface area contributed by atoms with E-state index in [1.165, 1.54) is 11.8 Å². The summed E-state index contributed by atoms with van der Waals surface area (Å²) in [5, 5.41) is 3.57. The van der Waals surface area contributed by atoms with Crippen molar-refractivity contribution in [2.24, 2.45) is 5.16 Å². The van der Waals surface area contributed by atoms with Crippen LogP contribution in [0.4, 0.5) is 5.69 Å². The highest BCUT2D eigenvalue weighted by atomic mass is 16.7. The molecule has 82 valence electrons. The Kier molecular flexibility index (Phi) is 2.44. The topological polar surface area (TPSA) is 59.0 Å². The predicted octanol–water partition coefficient (Wildman–Crippen LogP) is 0.930. The molecule has 5 heteroatoms. The van der Waals surface area contributed by atoms with Crippen molar-refractivity contribution in [2.75, 3.05) is 11.9 Å². The van der Waals surface area contributed by atoms with Gasteiger partial charge in [-0.3, -0.25) is 4.79 Å². The Hall–Kier alpha value is -2.17. The Labute approximate surface area is 92.3 Å². The van der Waals surface area contributed by atoms with Crippen LogP contribution in [-0.4, -0.2) is 24.6 Å². The van der Waals surface area contributed by atoms with E-state index < -0.39 is 5.97 Å². The Morgan fingerprint density at radius 3 is 2.75 bits per heavy atom. The molecule has 0 aliphatic carbocycles. The second-order valence-electron chi connectivity index (χ2n) is 3.40. The van der Waals surface area contributed by atoms with E-state index in [0.29, 0.717) is 5.56 Å². The highest BCUT2D eigenvalue weighted by molar-refractivity contribution is 6.54. The first-order valence-corrected chi connectivity index (χ1v) is 4.74. The molecule has 1 heterocycles. The molecule has 16 heavy (non-hydrogen) atoms. The minimum Gasteiger partial charge on any atom is -0.318 e. The highest BCUT2D eigenvalue weighted by Gasteiger charge is 2.31. The number of hydrogen-bond donors (Lipinski definition) is 0. The van der Waals surface area contributed by atoms with E-state index >= 15 is 0 Å². The van der Waals surface area contributed by atoms with Crippen molar-refractivity contribution in [3.8, 4) is 0 Å². The fourth-order valence-electron chi connectivity index (χ4n) is 1.55. The van der Waals surface area contributed by atoms with Crippen molar-refractivity contribution in [1.82, 2.24) is 0 Å². The second-order valence-corrected chi connectivity index (χ2v) is 3.40. The molecular formula is C11H10N2O3. The SMILES string of the molecule is CC(=O)O/N=C1\C(=O)N(C)c2ccccc21. The molecule has 0 saturated carbocycles. The zero-order valence-electron chi connectivity index (χ0n) is 8.93. The first-order chi connectivity index (χ1) is 7.61. The van der Waals surface area contributed by atoms with E-state index in [-0.39, 0.29) is 11.6 Å². The van der Waals surface area contributed by atoms with E-state index in [2.05, 4.69) is 9.99 Å². The minimum atomic E-state index is -0.549. The molecule has 1 aromatic rings. The number of amides is 1. The fraction of sp³-hybridized carbons (Fsp3) is 0.182. The third-order valence-corrected chi connectivity index (χ3v) is 2.29. The van der Waals surface area contributed by atoms with Gasteiger partial charge in [0.1, 0.15) is 0 Å². The lowest BCUT2D eigenvalue weighted by atomic mass is 10.1. The molecule has 0 fully saturated rings. The zero-order valence-corrected chi connectivity index (χ0v) is 8.93. The van der Waals surface area contributed by atoms with Gasteiger partial charge in [0.05, 0.1) is 5.69 Å². The van der Waals surface area contributed by atoms with Crippen molar-refractivity contribution < 1.29 is 14.4 Å². The molecule has 0 unspecified atom stereocenters. The third-order valence-electron chi connectivity index (χ3n) is 2.29. The largest absolute Gasteiger partial charge is 0.332 e. The number of hydrogen-bond acceptors (Lipinski definition) is 4. The van der Waals surface area contributed by atoms with Gasteiger partial charge in [-0.05, 0) is 6.07 Å². The van der Waals surface area contributed by atoms with Gasteiger partial charge in [0.2, 0.25) is 0 Å². The molecule has 0 spiro atoms. The molecule has 0 aromatic heterocycles. The number of carbonyl (C=O) groups is 2. The Morgan fingerprint density at radius 2 is 2.06 bits per heavy atom. The lowest BCUT2D eigenvalue weighted by Crippen LogP contribution is -2.25. The summed E-state index contributed by atoms with van der Waals surface area (Å²) in [6, 6.07) is 7.20. The molecule has 0 bridgehead atoms. The monoisotopic (exact) mass is 218 g/mol. The van der Waals surface area contributed by atoms with Crippen molar-refractivity contribution >= 4 is 23.3 Å². The number of carbonyl (C=O) groups excluding carboxylic acids is 2. The normalized spacial score (nSPS) is 16.5. The van der Waals surface area contributed by atoms with Crippen LogP contribution in [0, 0.1) is 0 Å². The Balaban J connectivity index is 2.45. The quantitative estimate of drug-likeness (QED) is 0.520. The van der Waals surface area contributed by atoms with E-state index in [1.54, 1.807) is 19.2 Å². The van der Waals surface area contributed by atoms with Gasteiger partial charge in [-0.2, -0.15) is 0 Å². The van der Waals surface area contributed by atoms with Crippen LogP contribution in [0.15, 0.2) is 29.4 Å². The Morgan fingerprint density at radius 1 is 1.38 bits per heavy atom. The second kappa shape index (κ2) is 3.77. The molecule has 0 N–H and O–H groups in total. The molecule has 0 radical (unpaired) electrons. The average molecular weight is 218 g/mol. The molecule has 1 aliphatic heterocycles. The van der Waals surface area contributed by atoms with Crippen LogP contribution in [0.1, 0.15) is 12.5 Å². The van der Waals surface area contributed by atoms with E-state index in [4.69, 9.17) is 0 Å². The fourth-order valence-corrected chi connectivity index (χ4v) is 1.55. The number of para-hydroxylation sites is 1. The first kappa shape index (κ1) is 10.4. The van der Waals surface area contributed by atoms with Crippen molar-refractivity contribution in [2.45, 2.75) is 6.92 Å². The summed E-state index contributed by atoms with van der Waals surface area (Å²) in [4.78, 5) is 28.4. The maximum atomic E-state index is 11.8. The summed E-state index contributed by atoms with van der Waals surface area (Å²) in [5.74, 6) is -0.824. The zero-order chi connectivity index (χ0) is 11.7. The van der Waals surface area contributed by atoms with Crippen LogP contribution in [0.3, 0.4) is 0 Å². The number of oxime groups is 1. The van der Waals surface area contributed by atoms with Gasteiger partial charge in [0.15, 0.2) is 5.71 Å². The van der Waals surface area contributed by atoms with E-state index in [1.807, 2.05) is 12.1 Å². The highest BCUT2D eigenvalue weighted by Crippen LogP contribution is 2.27. The van der Waals surface area contributed by atoms with Crippen molar-refractivity contribution in [3.63, 3.8) is 0 Å². The molecule has 1 amide bonds. The molecule has 0 atom stereocenters. The number of likely N-dealkylation sites (N-methyl/N-ethyl adjacent to an activating group) is 1. The van der Waals surface area contributed by atoms with Crippen LogP contribution < -0.4 is 4.90 Å². The molecule has 1 aliphatic rings. The molecule has 0 saturated heterocycles. The third kappa shape index (κ3) is 1.56. The minimum absolute atomic E-state index is 0.160. The van der Waals surface area contributed by atoms with Crippen molar-refractivity contribution in [1.29, 1.82) is 0 Å². The number of fused-ring (bicyclic) bond motifs is 1. The summed E-state index contributed by atoms with van der Waals surface area (Å²) in [5.41, 5.74) is 1.60. The molecule has 1 aromatic carbocycles. The number of nitrogens with zero attached hydrogens (tertiary/aromatic N) is 2. The summed E-state index contributed by atoms with van der Waals surface area (Å²) in [7, 11) is 1.65. The van der Waals surface area contributed by atoms with Crippen LogP contribution in [0.2, 0.25) is 0 Å². The predicted molar refractivity (Wildman–Crippen MR) is 58.2 cm³/mol. The van der Waals surface area contributed by atoms with Crippen LogP contribution >= 0.6 is 0 Å². The lowest BCUT2D eigenvalue weighted by Gasteiger charge is -2.07. The Bertz CT molecular complexity index is 494. The van der Waals surface area contributed by atoms with Crippen LogP contribution in [0.5, 0.6) is 0 Å². The molecule has 5 nitrogen and oxygen atoms in total. The summed E-state index contributed by atoms with van der Waals surface area (Å²) < 4.78 is 0. The smallest absolute Gasteiger partial charge is 0.318 e. The summed E-state index contributed by atoms with van der Waals surface area (Å²) in [6.07, 6.45) is 0. The first-order valence-electron chi connectivity index (χ1n) is 4.74. The number of anilines is 1. The van der Waals surface area contributed by atoms with Gasteiger partial charge in [-0.25, -0.2) is 4.79 Å². The maximum Gasteiger partial charge on any atom is 0.332 e. The lowest BCUT2D eigenvalue weighted by molar-refractivity contribution is -0.140. The van der Waals surface area contributed by atoms with Gasteiger partial charge >= 0.3 is 5.97 Å². The molecule has 2 rings (SSSR count). The van der Waals surface area contributed by atoms with Gasteiger partial charge < -0.3 is 9.74 Å². The van der Waals surface area contributed by atoms with Crippen LogP contribution in [-0.2, 0) is 14.4 Å². The summed E-state index contributed by atoms with van der Waals surface area (Å²) >= 11 is 0. The summed E-state index contributed by atoms with van der Waals surface area (Å²) in [6.45, 7) is 1.24. The van der Waals surface area contributed by atoms with Gasteiger partial charge in [-0.1, -0.05) is 23.4 Å². The van der Waals surface area contributed by atoms with Crippen LogP contribution in [0.25, 0.3) is 0 Å². The van der Waals surface area contributed by atoms with E-state index in [9.17, 15) is 9.59 Å². The maximum absolute atomic E-state index is 11.8. The number of rotatable bonds is 1. The standard InChI is InChI=1S/C11H10N2O3/c1-7(14)16-12-10-8-5-3-4-6-9(8)13(2)11(10)15/h3-6H,1-2H3/b12-10-. The van der Waals surface area contributed by atoms with Crippen molar-refractivity contribution in [3.05, 3.63) is 29.8 Å². The average Bonchev–Trinajstić information content (AvgIpc) is 2.50. The van der Waals surface area contributed by atoms with E-state index in [0.717, 1.165) is 5.69 Å².